The maximum Gasteiger partial charge on any atom is 0.184 e. The zero-order valence-electron chi connectivity index (χ0n) is 10.1. The Bertz CT molecular complexity index is 478. The monoisotopic (exact) mass is 228 g/mol. The van der Waals surface area contributed by atoms with E-state index in [0.29, 0.717) is 5.84 Å². The fourth-order valence-corrected chi connectivity index (χ4v) is 1.97. The van der Waals surface area contributed by atoms with Gasteiger partial charge in [-0.15, -0.1) is 0 Å². The molecule has 3 nitrogen and oxygen atoms in total. The third-order valence-corrected chi connectivity index (χ3v) is 2.89. The first-order valence-corrected chi connectivity index (χ1v) is 6.02. The lowest BCUT2D eigenvalue weighted by Gasteiger charge is -2.10. The number of carbonyl (C=O) groups is 1. The number of hydrogen-bond acceptors (Lipinski definition) is 3. The van der Waals surface area contributed by atoms with Gasteiger partial charge in [-0.05, 0) is 31.1 Å². The highest BCUT2D eigenvalue weighted by Crippen LogP contribution is 2.25. The molecule has 0 saturated carbocycles. The predicted molar refractivity (Wildman–Crippen MR) is 70.4 cm³/mol. The molecule has 0 aromatic rings. The van der Waals surface area contributed by atoms with E-state index in [-0.39, 0.29) is 5.78 Å². The highest BCUT2D eigenvalue weighted by Gasteiger charge is 2.24. The van der Waals surface area contributed by atoms with Crippen LogP contribution in [0.3, 0.4) is 0 Å². The van der Waals surface area contributed by atoms with Crippen LogP contribution in [0, 0.1) is 0 Å². The van der Waals surface area contributed by atoms with Gasteiger partial charge in [0.25, 0.3) is 0 Å². The topological polar surface area (TPSA) is 41.8 Å². The molecule has 0 amide bonds. The molecule has 0 atom stereocenters. The van der Waals surface area contributed by atoms with E-state index in [2.05, 4.69) is 23.5 Å². The van der Waals surface area contributed by atoms with E-state index in [1.165, 1.54) is 0 Å². The summed E-state index contributed by atoms with van der Waals surface area (Å²) >= 11 is 0. The summed E-state index contributed by atoms with van der Waals surface area (Å²) < 4.78 is 0. The molecule has 0 saturated heterocycles. The number of amidine groups is 1. The summed E-state index contributed by atoms with van der Waals surface area (Å²) in [5.41, 5.74) is 2.35. The Hall–Kier alpha value is -1.77. The van der Waals surface area contributed by atoms with Crippen molar-refractivity contribution in [2.75, 3.05) is 0 Å². The van der Waals surface area contributed by atoms with Gasteiger partial charge in [0.2, 0.25) is 0 Å². The maximum absolute atomic E-state index is 11.8. The van der Waals surface area contributed by atoms with Gasteiger partial charge in [-0.1, -0.05) is 26.3 Å². The number of ketones is 1. The number of carbonyl (C=O) groups excluding carboxylic acids is 1. The van der Waals surface area contributed by atoms with E-state index < -0.39 is 0 Å². The lowest BCUT2D eigenvalue weighted by Crippen LogP contribution is -2.11. The molecule has 0 aromatic carbocycles. The van der Waals surface area contributed by atoms with Crippen molar-refractivity contribution in [1.82, 2.24) is 0 Å². The fourth-order valence-electron chi connectivity index (χ4n) is 1.97. The van der Waals surface area contributed by atoms with Gasteiger partial charge in [0, 0.05) is 5.57 Å². The van der Waals surface area contributed by atoms with Gasteiger partial charge in [0.05, 0.1) is 11.4 Å². The summed E-state index contributed by atoms with van der Waals surface area (Å²) in [5.74, 6) is 0.673. The molecule has 17 heavy (non-hydrogen) atoms. The summed E-state index contributed by atoms with van der Waals surface area (Å²) in [4.78, 5) is 20.5. The summed E-state index contributed by atoms with van der Waals surface area (Å²) in [6.07, 6.45) is 9.04. The lowest BCUT2D eigenvalue weighted by molar-refractivity contribution is -0.111. The average molecular weight is 228 g/mol. The first kappa shape index (κ1) is 11.7. The molecule has 0 spiro atoms. The van der Waals surface area contributed by atoms with Gasteiger partial charge in [-0.2, -0.15) is 0 Å². The van der Waals surface area contributed by atoms with Crippen molar-refractivity contribution in [3.8, 4) is 0 Å². The highest BCUT2D eigenvalue weighted by molar-refractivity contribution is 6.28. The second kappa shape index (κ2) is 5.04. The fraction of sp³-hybridized carbons (Fsp3) is 0.357. The molecule has 0 unspecified atom stereocenters. The average Bonchev–Trinajstić information content (AvgIpc) is 2.75. The van der Waals surface area contributed by atoms with Crippen LogP contribution in [0.1, 0.15) is 32.6 Å². The van der Waals surface area contributed by atoms with Crippen LogP contribution in [0.25, 0.3) is 0 Å². The van der Waals surface area contributed by atoms with Crippen LogP contribution in [-0.4, -0.2) is 17.3 Å². The SMILES string of the molecule is C=CC1=NC2=C(CCCCC)C(=O)C=CC2=N1. The molecular weight excluding hydrogens is 212 g/mol. The van der Waals surface area contributed by atoms with E-state index in [4.69, 9.17) is 0 Å². The first-order chi connectivity index (χ1) is 8.26. The number of nitrogens with zero attached hydrogens (tertiary/aromatic N) is 2. The molecule has 0 radical (unpaired) electrons. The van der Waals surface area contributed by atoms with Crippen molar-refractivity contribution in [1.29, 1.82) is 0 Å². The maximum atomic E-state index is 11.8. The van der Waals surface area contributed by atoms with Crippen molar-refractivity contribution in [2.45, 2.75) is 32.6 Å². The van der Waals surface area contributed by atoms with Crippen LogP contribution < -0.4 is 0 Å². The van der Waals surface area contributed by atoms with Gasteiger partial charge in [0.15, 0.2) is 11.6 Å². The van der Waals surface area contributed by atoms with E-state index in [0.717, 1.165) is 42.7 Å². The third kappa shape index (κ3) is 2.33. The number of unbranched alkanes of at least 4 members (excludes halogenated alkanes) is 2. The Morgan fingerprint density at radius 1 is 1.29 bits per heavy atom. The Kier molecular flexibility index (Phi) is 3.47. The molecule has 2 aliphatic rings. The molecular formula is C14H16N2O. The van der Waals surface area contributed by atoms with Crippen LogP contribution >= 0.6 is 0 Å². The number of fused-ring (bicyclic) bond motifs is 1. The Balaban J connectivity index is 2.26. The molecule has 1 aliphatic carbocycles. The number of rotatable bonds is 5. The predicted octanol–water partition coefficient (Wildman–Crippen LogP) is 3.00. The minimum absolute atomic E-state index is 0.0733. The zero-order valence-corrected chi connectivity index (χ0v) is 10.1. The van der Waals surface area contributed by atoms with Crippen LogP contribution in [0.2, 0.25) is 0 Å². The van der Waals surface area contributed by atoms with E-state index in [9.17, 15) is 4.79 Å². The Morgan fingerprint density at radius 2 is 2.12 bits per heavy atom. The van der Waals surface area contributed by atoms with E-state index in [1.807, 2.05) is 0 Å². The standard InChI is InChI=1S/C14H16N2O/c1-3-5-6-7-10-12(17)9-8-11-14(10)16-13(4-2)15-11/h4,8-9H,2-3,5-7H2,1H3. The van der Waals surface area contributed by atoms with Gasteiger partial charge in [-0.3, -0.25) is 4.79 Å². The summed E-state index contributed by atoms with van der Waals surface area (Å²) in [7, 11) is 0. The lowest BCUT2D eigenvalue weighted by atomic mass is 9.95. The smallest absolute Gasteiger partial charge is 0.184 e. The Morgan fingerprint density at radius 3 is 2.82 bits per heavy atom. The number of hydrogen-bond donors (Lipinski definition) is 0. The van der Waals surface area contributed by atoms with Crippen LogP contribution in [0.15, 0.2) is 46.1 Å². The molecule has 3 heteroatoms. The largest absolute Gasteiger partial charge is 0.290 e. The van der Waals surface area contributed by atoms with Gasteiger partial charge in [0.1, 0.15) is 0 Å². The molecule has 1 heterocycles. The third-order valence-electron chi connectivity index (χ3n) is 2.89. The second-order valence-corrected chi connectivity index (χ2v) is 4.15. The van der Waals surface area contributed by atoms with E-state index >= 15 is 0 Å². The summed E-state index contributed by atoms with van der Waals surface area (Å²) in [6, 6.07) is 0. The Labute approximate surface area is 101 Å². The number of allylic oxidation sites excluding steroid dienone is 3. The minimum atomic E-state index is 0.0733. The zero-order chi connectivity index (χ0) is 12.3. The van der Waals surface area contributed by atoms with Gasteiger partial charge in [-0.25, -0.2) is 9.98 Å². The molecule has 88 valence electrons. The van der Waals surface area contributed by atoms with Crippen molar-refractivity contribution >= 4 is 17.3 Å². The second-order valence-electron chi connectivity index (χ2n) is 4.15. The van der Waals surface area contributed by atoms with Gasteiger partial charge >= 0.3 is 0 Å². The van der Waals surface area contributed by atoms with Crippen molar-refractivity contribution < 1.29 is 4.79 Å². The van der Waals surface area contributed by atoms with Crippen LogP contribution in [-0.2, 0) is 4.79 Å². The molecule has 0 bridgehead atoms. The summed E-state index contributed by atoms with van der Waals surface area (Å²) in [5, 5.41) is 0. The van der Waals surface area contributed by atoms with Crippen LogP contribution in [0.4, 0.5) is 0 Å². The van der Waals surface area contributed by atoms with Crippen molar-refractivity contribution in [3.63, 3.8) is 0 Å². The van der Waals surface area contributed by atoms with Crippen LogP contribution in [0.5, 0.6) is 0 Å². The first-order valence-electron chi connectivity index (χ1n) is 6.02. The quantitative estimate of drug-likeness (QED) is 0.527. The summed E-state index contributed by atoms with van der Waals surface area (Å²) in [6.45, 7) is 5.80. The molecule has 0 aromatic heterocycles. The normalized spacial score (nSPS) is 18.1. The molecule has 1 aliphatic heterocycles. The van der Waals surface area contributed by atoms with Crippen molar-refractivity contribution in [2.24, 2.45) is 9.98 Å². The molecule has 0 fully saturated rings. The van der Waals surface area contributed by atoms with Crippen molar-refractivity contribution in [3.05, 3.63) is 36.1 Å². The minimum Gasteiger partial charge on any atom is -0.290 e. The molecule has 0 N–H and O–H groups in total. The van der Waals surface area contributed by atoms with E-state index in [1.54, 1.807) is 18.2 Å². The number of aliphatic imine (C=N–C) groups is 2. The highest BCUT2D eigenvalue weighted by atomic mass is 16.1. The molecule has 2 rings (SSSR count). The van der Waals surface area contributed by atoms with Gasteiger partial charge < -0.3 is 0 Å².